The molecular formula is C48H33NO. The zero-order valence-electron chi connectivity index (χ0n) is 27.4. The Balaban J connectivity index is 1.22. The Morgan fingerprint density at radius 1 is 0.300 bits per heavy atom. The maximum atomic E-state index is 6.42. The minimum atomic E-state index is 0.865. The zero-order chi connectivity index (χ0) is 33.3. The summed E-state index contributed by atoms with van der Waals surface area (Å²) in [7, 11) is 0. The number of anilines is 3. The highest BCUT2D eigenvalue weighted by molar-refractivity contribution is 6.06. The summed E-state index contributed by atoms with van der Waals surface area (Å²) in [6, 6.07) is 71.1. The van der Waals surface area contributed by atoms with Crippen molar-refractivity contribution in [2.75, 3.05) is 4.90 Å². The monoisotopic (exact) mass is 639 g/mol. The van der Waals surface area contributed by atoms with E-state index in [1.54, 1.807) is 0 Å². The van der Waals surface area contributed by atoms with Crippen LogP contribution in [0.3, 0.4) is 0 Å². The smallest absolute Gasteiger partial charge is 0.137 e. The van der Waals surface area contributed by atoms with Crippen molar-refractivity contribution in [1.82, 2.24) is 0 Å². The van der Waals surface area contributed by atoms with Gasteiger partial charge in [-0.2, -0.15) is 0 Å². The van der Waals surface area contributed by atoms with Crippen LogP contribution in [0.1, 0.15) is 0 Å². The molecule has 0 N–H and O–H groups in total. The molecule has 0 bridgehead atoms. The van der Waals surface area contributed by atoms with Crippen LogP contribution in [0.15, 0.2) is 205 Å². The molecule has 2 heteroatoms. The van der Waals surface area contributed by atoms with Crippen LogP contribution >= 0.6 is 0 Å². The molecule has 0 saturated heterocycles. The molecule has 0 atom stereocenters. The van der Waals surface area contributed by atoms with Gasteiger partial charge in [0.15, 0.2) is 0 Å². The molecule has 0 radical (unpaired) electrons. The van der Waals surface area contributed by atoms with Gasteiger partial charge in [0.25, 0.3) is 0 Å². The van der Waals surface area contributed by atoms with Gasteiger partial charge in [-0.05, 0) is 75.3 Å². The highest BCUT2D eigenvalue weighted by Gasteiger charge is 2.20. The van der Waals surface area contributed by atoms with E-state index in [1.807, 2.05) is 12.1 Å². The summed E-state index contributed by atoms with van der Waals surface area (Å²) in [5, 5.41) is 2.23. The molecule has 9 rings (SSSR count). The van der Waals surface area contributed by atoms with E-state index in [2.05, 4.69) is 193 Å². The lowest BCUT2D eigenvalue weighted by Crippen LogP contribution is -2.11. The summed E-state index contributed by atoms with van der Waals surface area (Å²) < 4.78 is 6.42. The Labute approximate surface area is 292 Å². The van der Waals surface area contributed by atoms with Gasteiger partial charge in [-0.3, -0.25) is 0 Å². The van der Waals surface area contributed by atoms with Crippen molar-refractivity contribution in [2.24, 2.45) is 0 Å². The first-order valence-electron chi connectivity index (χ1n) is 17.0. The standard InChI is InChI=1S/C48H33NO/c1-3-14-34(15-4-1)35-26-28-37(29-27-35)43-22-9-11-24-46(43)49(40-30-31-45-44-23-10-12-25-47(44)50-48(45)33-40)39-19-13-18-38(32-39)42-21-8-7-20-41(42)36-16-5-2-6-17-36/h1-33H. The first-order valence-corrected chi connectivity index (χ1v) is 17.0. The third kappa shape index (κ3) is 5.43. The molecule has 236 valence electrons. The second kappa shape index (κ2) is 12.8. The fourth-order valence-corrected chi connectivity index (χ4v) is 7.08. The second-order valence-corrected chi connectivity index (χ2v) is 12.5. The number of fused-ring (bicyclic) bond motifs is 3. The van der Waals surface area contributed by atoms with Crippen molar-refractivity contribution in [3.63, 3.8) is 0 Å². The Morgan fingerprint density at radius 3 is 1.60 bits per heavy atom. The Morgan fingerprint density at radius 2 is 0.820 bits per heavy atom. The molecule has 2 nitrogen and oxygen atoms in total. The summed E-state index contributed by atoms with van der Waals surface area (Å²) in [6.07, 6.45) is 0. The van der Waals surface area contributed by atoms with Crippen LogP contribution in [0.2, 0.25) is 0 Å². The van der Waals surface area contributed by atoms with Crippen LogP contribution in [-0.2, 0) is 0 Å². The second-order valence-electron chi connectivity index (χ2n) is 12.5. The minimum Gasteiger partial charge on any atom is -0.456 e. The summed E-state index contributed by atoms with van der Waals surface area (Å²) in [5.74, 6) is 0. The maximum absolute atomic E-state index is 6.42. The normalized spacial score (nSPS) is 11.2. The third-order valence-corrected chi connectivity index (χ3v) is 9.50. The molecule has 0 aliphatic rings. The quantitative estimate of drug-likeness (QED) is 0.173. The third-order valence-electron chi connectivity index (χ3n) is 9.50. The van der Waals surface area contributed by atoms with Crippen LogP contribution < -0.4 is 4.90 Å². The molecule has 0 saturated carbocycles. The van der Waals surface area contributed by atoms with Crippen LogP contribution in [-0.4, -0.2) is 0 Å². The summed E-state index contributed by atoms with van der Waals surface area (Å²) >= 11 is 0. The lowest BCUT2D eigenvalue weighted by Gasteiger charge is -2.28. The summed E-state index contributed by atoms with van der Waals surface area (Å²) in [5.41, 5.74) is 14.4. The Hall–Kier alpha value is -6.64. The predicted octanol–water partition coefficient (Wildman–Crippen LogP) is 13.7. The topological polar surface area (TPSA) is 16.4 Å². The number of benzene rings is 8. The van der Waals surface area contributed by atoms with Crippen LogP contribution in [0.5, 0.6) is 0 Å². The molecule has 50 heavy (non-hydrogen) atoms. The molecule has 0 fully saturated rings. The number of nitrogens with zero attached hydrogens (tertiary/aromatic N) is 1. The first kappa shape index (κ1) is 29.5. The van der Waals surface area contributed by atoms with E-state index in [-0.39, 0.29) is 0 Å². The molecule has 0 amide bonds. The number of rotatable bonds is 7. The van der Waals surface area contributed by atoms with E-state index in [9.17, 15) is 0 Å². The van der Waals surface area contributed by atoms with Crippen molar-refractivity contribution < 1.29 is 4.42 Å². The fourth-order valence-electron chi connectivity index (χ4n) is 7.08. The van der Waals surface area contributed by atoms with E-state index >= 15 is 0 Å². The number of hydrogen-bond acceptors (Lipinski definition) is 2. The largest absolute Gasteiger partial charge is 0.456 e. The molecule has 1 aromatic heterocycles. The van der Waals surface area contributed by atoms with Crippen molar-refractivity contribution in [2.45, 2.75) is 0 Å². The van der Waals surface area contributed by atoms with Crippen LogP contribution in [0.4, 0.5) is 17.1 Å². The van der Waals surface area contributed by atoms with Crippen molar-refractivity contribution >= 4 is 39.0 Å². The van der Waals surface area contributed by atoms with Gasteiger partial charge in [-0.1, -0.05) is 158 Å². The average molecular weight is 640 g/mol. The number of furan rings is 1. The van der Waals surface area contributed by atoms with E-state index in [4.69, 9.17) is 4.42 Å². The lowest BCUT2D eigenvalue weighted by atomic mass is 9.94. The maximum Gasteiger partial charge on any atom is 0.137 e. The van der Waals surface area contributed by atoms with Gasteiger partial charge in [0.1, 0.15) is 11.2 Å². The van der Waals surface area contributed by atoms with Gasteiger partial charge in [0.05, 0.1) is 5.69 Å². The molecule has 1 heterocycles. The number of para-hydroxylation sites is 2. The lowest BCUT2D eigenvalue weighted by molar-refractivity contribution is 0.669. The number of hydrogen-bond donors (Lipinski definition) is 0. The minimum absolute atomic E-state index is 0.865. The molecule has 0 aliphatic heterocycles. The molecular weight excluding hydrogens is 607 g/mol. The predicted molar refractivity (Wildman–Crippen MR) is 210 cm³/mol. The van der Waals surface area contributed by atoms with E-state index in [0.717, 1.165) is 55.7 Å². The fraction of sp³-hybridized carbons (Fsp3) is 0. The van der Waals surface area contributed by atoms with Gasteiger partial charge in [0, 0.05) is 33.8 Å². The van der Waals surface area contributed by atoms with E-state index in [0.29, 0.717) is 0 Å². The summed E-state index contributed by atoms with van der Waals surface area (Å²) in [6.45, 7) is 0. The van der Waals surface area contributed by atoms with Gasteiger partial charge < -0.3 is 9.32 Å². The van der Waals surface area contributed by atoms with Crippen LogP contribution in [0.25, 0.3) is 66.4 Å². The SMILES string of the molecule is c1ccc(-c2ccc(-c3ccccc3N(c3cccc(-c4ccccc4-c4ccccc4)c3)c3ccc4c(c3)oc3ccccc34)cc2)cc1. The zero-order valence-corrected chi connectivity index (χ0v) is 27.4. The highest BCUT2D eigenvalue weighted by Crippen LogP contribution is 2.44. The average Bonchev–Trinajstić information content (AvgIpc) is 3.57. The molecule has 0 unspecified atom stereocenters. The molecule has 0 aliphatic carbocycles. The first-order chi connectivity index (χ1) is 24.8. The van der Waals surface area contributed by atoms with Crippen molar-refractivity contribution in [3.05, 3.63) is 200 Å². The molecule has 8 aromatic carbocycles. The van der Waals surface area contributed by atoms with Gasteiger partial charge in [-0.15, -0.1) is 0 Å². The molecule has 0 spiro atoms. The molecule has 9 aromatic rings. The highest BCUT2D eigenvalue weighted by atomic mass is 16.3. The Bertz CT molecular complexity index is 2580. The van der Waals surface area contributed by atoms with E-state index < -0.39 is 0 Å². The Kier molecular flexibility index (Phi) is 7.53. The van der Waals surface area contributed by atoms with E-state index in [1.165, 1.54) is 27.8 Å². The van der Waals surface area contributed by atoms with Gasteiger partial charge in [0.2, 0.25) is 0 Å². The van der Waals surface area contributed by atoms with Crippen LogP contribution in [0, 0.1) is 0 Å². The summed E-state index contributed by atoms with van der Waals surface area (Å²) in [4.78, 5) is 2.36. The van der Waals surface area contributed by atoms with Crippen molar-refractivity contribution in [1.29, 1.82) is 0 Å². The van der Waals surface area contributed by atoms with Crippen molar-refractivity contribution in [3.8, 4) is 44.5 Å². The van der Waals surface area contributed by atoms with Gasteiger partial charge >= 0.3 is 0 Å². The van der Waals surface area contributed by atoms with Gasteiger partial charge in [-0.25, -0.2) is 0 Å².